The van der Waals surface area contributed by atoms with Crippen LogP contribution in [0.3, 0.4) is 0 Å². The van der Waals surface area contributed by atoms with E-state index in [4.69, 9.17) is 15.5 Å². The topological polar surface area (TPSA) is 64.7 Å². The van der Waals surface area contributed by atoms with Crippen molar-refractivity contribution in [3.05, 3.63) is 76.3 Å². The lowest BCUT2D eigenvalue weighted by Gasteiger charge is -2.19. The number of benzene rings is 2. The number of amides is 1. The average molecular weight is 352 g/mol. The lowest BCUT2D eigenvalue weighted by molar-refractivity contribution is 0.100. The van der Waals surface area contributed by atoms with Crippen molar-refractivity contribution in [3.63, 3.8) is 0 Å². The molecule has 0 spiro atoms. The molecular formula is C20H20N2O2S. The van der Waals surface area contributed by atoms with Crippen molar-refractivity contribution in [3.8, 4) is 5.75 Å². The van der Waals surface area contributed by atoms with Crippen LogP contribution in [0.25, 0.3) is 0 Å². The first-order valence-corrected chi connectivity index (χ1v) is 9.16. The predicted molar refractivity (Wildman–Crippen MR) is 103 cm³/mol. The maximum absolute atomic E-state index is 11.1. The monoisotopic (exact) mass is 352 g/mol. The van der Waals surface area contributed by atoms with Crippen molar-refractivity contribution in [1.82, 2.24) is 0 Å². The number of primary amides is 1. The van der Waals surface area contributed by atoms with E-state index in [9.17, 15) is 4.79 Å². The minimum absolute atomic E-state index is 0.437. The molecule has 2 aromatic rings. The van der Waals surface area contributed by atoms with Crippen LogP contribution in [0.4, 0.5) is 0 Å². The van der Waals surface area contributed by atoms with Gasteiger partial charge >= 0.3 is 0 Å². The van der Waals surface area contributed by atoms with E-state index in [-0.39, 0.29) is 0 Å². The molecule has 3 rings (SSSR count). The molecule has 1 aliphatic rings. The highest BCUT2D eigenvalue weighted by molar-refractivity contribution is 8.03. The molecule has 5 heteroatoms. The van der Waals surface area contributed by atoms with E-state index in [0.29, 0.717) is 17.9 Å². The Morgan fingerprint density at radius 3 is 2.52 bits per heavy atom. The number of ether oxygens (including phenoxy) is 1. The van der Waals surface area contributed by atoms with Gasteiger partial charge < -0.3 is 10.5 Å². The van der Waals surface area contributed by atoms with Gasteiger partial charge in [0.1, 0.15) is 12.4 Å². The number of thioether (sulfide) groups is 1. The van der Waals surface area contributed by atoms with Crippen LogP contribution in [0.5, 0.6) is 5.75 Å². The standard InChI is InChI=1S/C20H20N2O2S/c1-2-17-19(12-24-16-10-8-15(9-11-16)20(21)23)25-13-18(22-17)14-6-4-3-5-7-14/h3-11H,2,12-13H2,1H3,(H2,21,23). The molecule has 0 atom stereocenters. The minimum atomic E-state index is -0.437. The summed E-state index contributed by atoms with van der Waals surface area (Å²) < 4.78 is 5.85. The summed E-state index contributed by atoms with van der Waals surface area (Å²) in [6, 6.07) is 17.1. The molecule has 1 heterocycles. The summed E-state index contributed by atoms with van der Waals surface area (Å²) in [5.41, 5.74) is 9.07. The Labute approximate surface area is 151 Å². The van der Waals surface area contributed by atoms with Gasteiger partial charge in [-0.2, -0.15) is 0 Å². The Morgan fingerprint density at radius 2 is 1.88 bits per heavy atom. The first kappa shape index (κ1) is 17.3. The third kappa shape index (κ3) is 4.31. The lowest BCUT2D eigenvalue weighted by atomic mass is 10.1. The highest BCUT2D eigenvalue weighted by Crippen LogP contribution is 2.30. The second-order valence-electron chi connectivity index (χ2n) is 5.61. The first-order valence-electron chi connectivity index (χ1n) is 8.18. The molecule has 2 aromatic carbocycles. The number of rotatable bonds is 6. The van der Waals surface area contributed by atoms with E-state index in [0.717, 1.165) is 28.5 Å². The Balaban J connectivity index is 1.72. The SMILES string of the molecule is CCC1=C(COc2ccc(C(N)=O)cc2)SCC(c2ccccc2)=N1. The molecule has 1 aliphatic heterocycles. The maximum atomic E-state index is 11.1. The molecule has 1 amide bonds. The molecule has 0 aliphatic carbocycles. The summed E-state index contributed by atoms with van der Waals surface area (Å²) in [4.78, 5) is 17.1. The zero-order valence-electron chi connectivity index (χ0n) is 14.1. The summed E-state index contributed by atoms with van der Waals surface area (Å²) in [6.07, 6.45) is 0.864. The van der Waals surface area contributed by atoms with Crippen LogP contribution in [0, 0.1) is 0 Å². The fourth-order valence-corrected chi connectivity index (χ4v) is 3.58. The number of carbonyl (C=O) groups is 1. The van der Waals surface area contributed by atoms with E-state index < -0.39 is 5.91 Å². The molecule has 2 N–H and O–H groups in total. The molecule has 0 saturated heterocycles. The Bertz CT molecular complexity index is 811. The maximum Gasteiger partial charge on any atom is 0.248 e. The minimum Gasteiger partial charge on any atom is -0.488 e. The van der Waals surface area contributed by atoms with Crippen LogP contribution in [0.1, 0.15) is 29.3 Å². The second kappa shape index (κ2) is 8.03. The third-order valence-electron chi connectivity index (χ3n) is 3.93. The Kier molecular flexibility index (Phi) is 5.56. The molecule has 128 valence electrons. The summed E-state index contributed by atoms with van der Waals surface area (Å²) >= 11 is 1.78. The van der Waals surface area contributed by atoms with E-state index >= 15 is 0 Å². The second-order valence-corrected chi connectivity index (χ2v) is 6.68. The van der Waals surface area contributed by atoms with Crippen molar-refractivity contribution in [2.75, 3.05) is 12.4 Å². The van der Waals surface area contributed by atoms with E-state index in [1.165, 1.54) is 5.56 Å². The fraction of sp³-hybridized carbons (Fsp3) is 0.200. The quantitative estimate of drug-likeness (QED) is 0.854. The van der Waals surface area contributed by atoms with Crippen LogP contribution >= 0.6 is 11.8 Å². The summed E-state index contributed by atoms with van der Waals surface area (Å²) in [7, 11) is 0. The smallest absolute Gasteiger partial charge is 0.248 e. The number of allylic oxidation sites excluding steroid dienone is 1. The Hall–Kier alpha value is -2.53. The average Bonchev–Trinajstić information content (AvgIpc) is 2.67. The molecule has 0 bridgehead atoms. The van der Waals surface area contributed by atoms with E-state index in [2.05, 4.69) is 19.1 Å². The highest BCUT2D eigenvalue weighted by Gasteiger charge is 2.16. The van der Waals surface area contributed by atoms with Crippen LogP contribution in [-0.2, 0) is 0 Å². The van der Waals surface area contributed by atoms with Gasteiger partial charge in [-0.15, -0.1) is 11.8 Å². The van der Waals surface area contributed by atoms with Gasteiger partial charge in [0.25, 0.3) is 0 Å². The van der Waals surface area contributed by atoms with Gasteiger partial charge in [0.2, 0.25) is 5.91 Å². The van der Waals surface area contributed by atoms with Crippen molar-refractivity contribution in [2.45, 2.75) is 13.3 Å². The van der Waals surface area contributed by atoms with Gasteiger partial charge in [0.15, 0.2) is 0 Å². The molecule has 0 saturated carbocycles. The lowest BCUT2D eigenvalue weighted by Crippen LogP contribution is -2.13. The normalized spacial score (nSPS) is 14.2. The number of hydrogen-bond acceptors (Lipinski definition) is 4. The molecule has 0 fully saturated rings. The van der Waals surface area contributed by atoms with Crippen LogP contribution in [0.2, 0.25) is 0 Å². The molecule has 0 radical (unpaired) electrons. The first-order chi connectivity index (χ1) is 12.2. The number of aliphatic imine (C=N–C) groups is 1. The van der Waals surface area contributed by atoms with Gasteiger partial charge in [-0.25, -0.2) is 0 Å². The van der Waals surface area contributed by atoms with E-state index in [1.54, 1.807) is 36.0 Å². The molecule has 0 aromatic heterocycles. The van der Waals surface area contributed by atoms with Crippen LogP contribution in [0.15, 0.2) is 70.2 Å². The van der Waals surface area contributed by atoms with Gasteiger partial charge in [0.05, 0.1) is 11.4 Å². The van der Waals surface area contributed by atoms with Crippen molar-refractivity contribution >= 4 is 23.4 Å². The molecule has 4 nitrogen and oxygen atoms in total. The van der Waals surface area contributed by atoms with Gasteiger partial charge in [0, 0.05) is 16.2 Å². The number of nitrogens with two attached hydrogens (primary N) is 1. The van der Waals surface area contributed by atoms with Crippen molar-refractivity contribution < 1.29 is 9.53 Å². The molecule has 25 heavy (non-hydrogen) atoms. The summed E-state index contributed by atoms with van der Waals surface area (Å²) in [5.74, 6) is 1.12. The number of hydrogen-bond donors (Lipinski definition) is 1. The predicted octanol–water partition coefficient (Wildman–Crippen LogP) is 4.02. The molecular weight excluding hydrogens is 332 g/mol. The summed E-state index contributed by atoms with van der Waals surface area (Å²) in [5, 5.41) is 0. The fourth-order valence-electron chi connectivity index (χ4n) is 2.54. The summed E-state index contributed by atoms with van der Waals surface area (Å²) in [6.45, 7) is 2.59. The Morgan fingerprint density at radius 1 is 1.16 bits per heavy atom. The van der Waals surface area contributed by atoms with Crippen LogP contribution in [-0.4, -0.2) is 24.0 Å². The molecule has 0 unspecified atom stereocenters. The van der Waals surface area contributed by atoms with E-state index in [1.807, 2.05) is 18.2 Å². The zero-order chi connectivity index (χ0) is 17.6. The van der Waals surface area contributed by atoms with Gasteiger partial charge in [-0.3, -0.25) is 9.79 Å². The van der Waals surface area contributed by atoms with Crippen LogP contribution < -0.4 is 10.5 Å². The third-order valence-corrected chi connectivity index (χ3v) is 5.05. The number of carbonyl (C=O) groups excluding carboxylic acids is 1. The zero-order valence-corrected chi connectivity index (χ0v) is 14.9. The van der Waals surface area contributed by atoms with Gasteiger partial charge in [-0.1, -0.05) is 37.3 Å². The van der Waals surface area contributed by atoms with Crippen molar-refractivity contribution in [1.29, 1.82) is 0 Å². The number of nitrogens with zero attached hydrogens (tertiary/aromatic N) is 1. The van der Waals surface area contributed by atoms with Crippen molar-refractivity contribution in [2.24, 2.45) is 10.7 Å². The van der Waals surface area contributed by atoms with Gasteiger partial charge in [-0.05, 0) is 36.2 Å². The largest absolute Gasteiger partial charge is 0.488 e. The highest BCUT2D eigenvalue weighted by atomic mass is 32.2.